The van der Waals surface area contributed by atoms with Crippen molar-refractivity contribution in [1.29, 1.82) is 0 Å². The van der Waals surface area contributed by atoms with E-state index in [1.54, 1.807) is 49.4 Å². The van der Waals surface area contributed by atoms with Crippen LogP contribution < -0.4 is 14.4 Å². The van der Waals surface area contributed by atoms with E-state index in [9.17, 15) is 18.0 Å². The minimum absolute atomic E-state index is 0.0548. The summed E-state index contributed by atoms with van der Waals surface area (Å²) in [5.41, 5.74) is 1.29. The highest BCUT2D eigenvalue weighted by molar-refractivity contribution is 7.92. The summed E-state index contributed by atoms with van der Waals surface area (Å²) in [5.74, 6) is -0.0748. The third-order valence-electron chi connectivity index (χ3n) is 6.29. The van der Waals surface area contributed by atoms with Gasteiger partial charge >= 0.3 is 0 Å². The Morgan fingerprint density at radius 3 is 2.15 bits per heavy atom. The molecular formula is C30H37N3O5S. The number of rotatable bonds is 13. The molecule has 0 radical (unpaired) electrons. The van der Waals surface area contributed by atoms with Gasteiger partial charge in [-0.3, -0.25) is 13.9 Å². The van der Waals surface area contributed by atoms with Crippen molar-refractivity contribution in [3.63, 3.8) is 0 Å². The van der Waals surface area contributed by atoms with Crippen LogP contribution in [0.2, 0.25) is 0 Å². The second-order valence-corrected chi connectivity index (χ2v) is 11.5. The van der Waals surface area contributed by atoms with E-state index in [2.05, 4.69) is 5.32 Å². The van der Waals surface area contributed by atoms with Crippen LogP contribution in [0.3, 0.4) is 0 Å². The Kier molecular flexibility index (Phi) is 10.5. The Morgan fingerprint density at radius 2 is 1.54 bits per heavy atom. The molecule has 3 aromatic rings. The van der Waals surface area contributed by atoms with Gasteiger partial charge in [-0.1, -0.05) is 68.4 Å². The first kappa shape index (κ1) is 29.7. The van der Waals surface area contributed by atoms with Gasteiger partial charge in [-0.05, 0) is 49.1 Å². The normalized spacial score (nSPS) is 12.0. The maximum Gasteiger partial charge on any atom is 0.264 e. The van der Waals surface area contributed by atoms with Crippen molar-refractivity contribution in [3.8, 4) is 5.75 Å². The molecule has 0 bridgehead atoms. The molecule has 0 heterocycles. The third kappa shape index (κ3) is 8.07. The van der Waals surface area contributed by atoms with Gasteiger partial charge in [0.05, 0.1) is 17.7 Å². The molecule has 0 aliphatic carbocycles. The van der Waals surface area contributed by atoms with Gasteiger partial charge < -0.3 is 15.0 Å². The second-order valence-electron chi connectivity index (χ2n) is 9.66. The number of sulfonamides is 1. The molecule has 0 unspecified atom stereocenters. The lowest BCUT2D eigenvalue weighted by atomic mass is 10.1. The van der Waals surface area contributed by atoms with E-state index in [0.29, 0.717) is 18.7 Å². The van der Waals surface area contributed by atoms with Crippen molar-refractivity contribution in [2.75, 3.05) is 31.0 Å². The van der Waals surface area contributed by atoms with Gasteiger partial charge in [0.15, 0.2) is 0 Å². The summed E-state index contributed by atoms with van der Waals surface area (Å²) < 4.78 is 34.0. The molecule has 1 N–H and O–H groups in total. The van der Waals surface area contributed by atoms with Crippen LogP contribution in [0.1, 0.15) is 26.3 Å². The Bertz CT molecular complexity index is 1330. The number of hydrogen-bond acceptors (Lipinski definition) is 5. The van der Waals surface area contributed by atoms with Crippen LogP contribution in [0, 0.1) is 5.92 Å². The van der Waals surface area contributed by atoms with Crippen LogP contribution in [0.15, 0.2) is 89.8 Å². The first-order chi connectivity index (χ1) is 18.6. The van der Waals surface area contributed by atoms with Gasteiger partial charge in [0, 0.05) is 19.2 Å². The SMILES string of the molecule is COc1cccc(N(CC(=O)N(CCc2ccccc2)[C@H](C)C(=O)NCC(C)C)S(=O)(=O)c2ccccc2)c1. The number of ether oxygens (including phenoxy) is 1. The first-order valence-electron chi connectivity index (χ1n) is 13.0. The van der Waals surface area contributed by atoms with Gasteiger partial charge in [0.1, 0.15) is 18.3 Å². The van der Waals surface area contributed by atoms with E-state index in [0.717, 1.165) is 9.87 Å². The van der Waals surface area contributed by atoms with Crippen LogP contribution in [0.5, 0.6) is 5.75 Å². The molecule has 0 saturated carbocycles. The molecule has 0 aliphatic heterocycles. The molecule has 3 rings (SSSR count). The van der Waals surface area contributed by atoms with E-state index in [-0.39, 0.29) is 29.0 Å². The molecule has 0 saturated heterocycles. The number of anilines is 1. The zero-order valence-electron chi connectivity index (χ0n) is 22.9. The van der Waals surface area contributed by atoms with E-state index >= 15 is 0 Å². The summed E-state index contributed by atoms with van der Waals surface area (Å²) in [6.07, 6.45) is 0.513. The monoisotopic (exact) mass is 551 g/mol. The maximum atomic E-state index is 13.9. The molecule has 0 aromatic heterocycles. The Morgan fingerprint density at radius 1 is 0.897 bits per heavy atom. The molecule has 208 valence electrons. The lowest BCUT2D eigenvalue weighted by molar-refractivity contribution is -0.138. The molecule has 39 heavy (non-hydrogen) atoms. The minimum Gasteiger partial charge on any atom is -0.497 e. The number of hydrogen-bond donors (Lipinski definition) is 1. The zero-order chi connectivity index (χ0) is 28.4. The molecule has 9 heteroatoms. The van der Waals surface area contributed by atoms with Gasteiger partial charge in [0.2, 0.25) is 11.8 Å². The number of methoxy groups -OCH3 is 1. The van der Waals surface area contributed by atoms with Crippen LogP contribution in [-0.2, 0) is 26.0 Å². The van der Waals surface area contributed by atoms with E-state index < -0.39 is 28.5 Å². The highest BCUT2D eigenvalue weighted by atomic mass is 32.2. The maximum absolute atomic E-state index is 13.9. The molecule has 0 fully saturated rings. The van der Waals surface area contributed by atoms with Crippen LogP contribution >= 0.6 is 0 Å². The highest BCUT2D eigenvalue weighted by Gasteiger charge is 2.32. The quantitative estimate of drug-likeness (QED) is 0.345. The van der Waals surface area contributed by atoms with Crippen LogP contribution in [-0.4, -0.2) is 57.9 Å². The van der Waals surface area contributed by atoms with Gasteiger partial charge in [-0.25, -0.2) is 8.42 Å². The molecule has 2 amide bonds. The average molecular weight is 552 g/mol. The summed E-state index contributed by atoms with van der Waals surface area (Å²) in [5, 5.41) is 2.89. The van der Waals surface area contributed by atoms with Crippen molar-refractivity contribution in [2.45, 2.75) is 38.1 Å². The number of carbonyl (C=O) groups is 2. The number of nitrogens with one attached hydrogen (secondary N) is 1. The lowest BCUT2D eigenvalue weighted by Gasteiger charge is -2.32. The lowest BCUT2D eigenvalue weighted by Crippen LogP contribution is -2.52. The van der Waals surface area contributed by atoms with E-state index in [1.807, 2.05) is 44.2 Å². The van der Waals surface area contributed by atoms with Crippen molar-refractivity contribution in [2.24, 2.45) is 5.92 Å². The fourth-order valence-corrected chi connectivity index (χ4v) is 5.46. The van der Waals surface area contributed by atoms with Crippen LogP contribution in [0.25, 0.3) is 0 Å². The summed E-state index contributed by atoms with van der Waals surface area (Å²) in [6.45, 7) is 5.88. The Labute approximate surface area is 231 Å². The fourth-order valence-electron chi connectivity index (χ4n) is 4.04. The predicted octanol–water partition coefficient (Wildman–Crippen LogP) is 4.12. The summed E-state index contributed by atoms with van der Waals surface area (Å²) in [6, 6.07) is 23.4. The number of amides is 2. The second kappa shape index (κ2) is 13.8. The van der Waals surface area contributed by atoms with Gasteiger partial charge in [-0.15, -0.1) is 0 Å². The van der Waals surface area contributed by atoms with Crippen molar-refractivity contribution in [3.05, 3.63) is 90.5 Å². The number of benzene rings is 3. The van der Waals surface area contributed by atoms with E-state index in [1.165, 1.54) is 24.1 Å². The van der Waals surface area contributed by atoms with Gasteiger partial charge in [0.25, 0.3) is 10.0 Å². The molecule has 3 aromatic carbocycles. The topological polar surface area (TPSA) is 96.0 Å². The predicted molar refractivity (Wildman–Crippen MR) is 153 cm³/mol. The standard InChI is InChI=1S/C30H37N3O5S/c1-23(2)21-31-30(35)24(3)32(19-18-25-12-7-5-8-13-25)29(34)22-33(26-14-11-15-27(20-26)38-4)39(36,37)28-16-9-6-10-17-28/h5-17,20,23-24H,18-19,21-22H2,1-4H3,(H,31,35)/t24-/m1/s1. The molecular weight excluding hydrogens is 514 g/mol. The largest absolute Gasteiger partial charge is 0.497 e. The number of carbonyl (C=O) groups excluding carboxylic acids is 2. The van der Waals surface area contributed by atoms with Crippen molar-refractivity contribution in [1.82, 2.24) is 10.2 Å². The minimum atomic E-state index is -4.11. The Balaban J connectivity index is 1.96. The zero-order valence-corrected chi connectivity index (χ0v) is 23.7. The highest BCUT2D eigenvalue weighted by Crippen LogP contribution is 2.27. The van der Waals surface area contributed by atoms with Gasteiger partial charge in [-0.2, -0.15) is 0 Å². The Hall–Kier alpha value is -3.85. The molecule has 8 nitrogen and oxygen atoms in total. The third-order valence-corrected chi connectivity index (χ3v) is 8.08. The molecule has 0 spiro atoms. The average Bonchev–Trinajstić information content (AvgIpc) is 2.95. The summed E-state index contributed by atoms with van der Waals surface area (Å²) in [4.78, 5) is 28.4. The first-order valence-corrected chi connectivity index (χ1v) is 14.4. The fraction of sp³-hybridized carbons (Fsp3) is 0.333. The summed E-state index contributed by atoms with van der Waals surface area (Å²) in [7, 11) is -2.62. The van der Waals surface area contributed by atoms with E-state index in [4.69, 9.17) is 4.74 Å². The smallest absolute Gasteiger partial charge is 0.264 e. The number of nitrogens with zero attached hydrogens (tertiary/aromatic N) is 2. The molecule has 1 atom stereocenters. The summed E-state index contributed by atoms with van der Waals surface area (Å²) >= 11 is 0. The van der Waals surface area contributed by atoms with Crippen molar-refractivity contribution < 1.29 is 22.7 Å². The van der Waals surface area contributed by atoms with Crippen LogP contribution in [0.4, 0.5) is 5.69 Å². The molecule has 0 aliphatic rings. The van der Waals surface area contributed by atoms with Crippen molar-refractivity contribution >= 4 is 27.5 Å².